The Morgan fingerprint density at radius 2 is 1.92 bits per heavy atom. The highest BCUT2D eigenvalue weighted by atomic mass is 35.5. The zero-order valence-corrected chi connectivity index (χ0v) is 8.46. The molecule has 0 aliphatic heterocycles. The Balaban J connectivity index is 2.10. The predicted molar refractivity (Wildman–Crippen MR) is 53.9 cm³/mol. The molecule has 72 valence electrons. The second kappa shape index (κ2) is 3.83. The fourth-order valence-corrected chi connectivity index (χ4v) is 2.95. The van der Waals surface area contributed by atoms with Crippen molar-refractivity contribution in [2.24, 2.45) is 11.8 Å². The summed E-state index contributed by atoms with van der Waals surface area (Å²) in [5, 5.41) is -0.184. The fraction of sp³-hybridized carbons (Fsp3) is 0.727. The van der Waals surface area contributed by atoms with Crippen LogP contribution >= 0.6 is 11.6 Å². The van der Waals surface area contributed by atoms with Gasteiger partial charge in [0.05, 0.1) is 5.38 Å². The van der Waals surface area contributed by atoms with Crippen molar-refractivity contribution in [1.82, 2.24) is 0 Å². The Morgan fingerprint density at radius 1 is 1.23 bits per heavy atom. The minimum absolute atomic E-state index is 0.184. The van der Waals surface area contributed by atoms with Crippen LogP contribution in [-0.2, 0) is 4.79 Å². The first-order valence-corrected chi connectivity index (χ1v) is 5.54. The molecule has 2 unspecified atom stereocenters. The first-order valence-electron chi connectivity index (χ1n) is 5.11. The van der Waals surface area contributed by atoms with E-state index in [4.69, 9.17) is 11.6 Å². The number of fused-ring (bicyclic) bond motifs is 1. The van der Waals surface area contributed by atoms with E-state index in [9.17, 15) is 4.79 Å². The van der Waals surface area contributed by atoms with Gasteiger partial charge in [0.2, 0.25) is 0 Å². The standard InChI is InChI=1S/C11H15ClO/c12-11-9-6-4-2-1-3-5-8(9)7-10(11)13/h1-2,8-9,11H,3-7H2/b2-1-/t8?,9?,11-/m0/s1. The van der Waals surface area contributed by atoms with E-state index < -0.39 is 0 Å². The first kappa shape index (κ1) is 9.26. The molecule has 0 saturated heterocycles. The maximum absolute atomic E-state index is 11.4. The molecule has 2 heteroatoms. The minimum Gasteiger partial charge on any atom is -0.298 e. The van der Waals surface area contributed by atoms with Gasteiger partial charge in [0.25, 0.3) is 0 Å². The number of Topliss-reactive ketones (excluding diaryl/α,β-unsaturated/α-hetero) is 1. The van der Waals surface area contributed by atoms with E-state index >= 15 is 0 Å². The lowest BCUT2D eigenvalue weighted by Gasteiger charge is -2.21. The molecule has 0 heterocycles. The normalized spacial score (nSPS) is 42.2. The van der Waals surface area contributed by atoms with Gasteiger partial charge in [-0.05, 0) is 37.5 Å². The number of ketones is 1. The number of hydrogen-bond acceptors (Lipinski definition) is 1. The van der Waals surface area contributed by atoms with Crippen molar-refractivity contribution in [2.75, 3.05) is 0 Å². The lowest BCUT2D eigenvalue weighted by Crippen LogP contribution is -2.18. The molecule has 13 heavy (non-hydrogen) atoms. The Labute approximate surface area is 84.2 Å². The number of allylic oxidation sites excluding steroid dienone is 2. The van der Waals surface area contributed by atoms with Gasteiger partial charge < -0.3 is 0 Å². The van der Waals surface area contributed by atoms with E-state index in [2.05, 4.69) is 12.2 Å². The van der Waals surface area contributed by atoms with Crippen molar-refractivity contribution in [1.29, 1.82) is 0 Å². The number of alkyl halides is 1. The Hall–Kier alpha value is -0.300. The fourth-order valence-electron chi connectivity index (χ4n) is 2.53. The maximum Gasteiger partial charge on any atom is 0.151 e. The lowest BCUT2D eigenvalue weighted by molar-refractivity contribution is -0.117. The SMILES string of the molecule is O=C1CC2CC/C=C\CCC2[C@@H]1Cl. The van der Waals surface area contributed by atoms with E-state index in [1.54, 1.807) is 0 Å². The van der Waals surface area contributed by atoms with Crippen LogP contribution in [0.2, 0.25) is 0 Å². The Bertz CT molecular complexity index is 234. The summed E-state index contributed by atoms with van der Waals surface area (Å²) in [5.74, 6) is 1.30. The second-order valence-corrected chi connectivity index (χ2v) is 4.59. The number of carbonyl (C=O) groups is 1. The van der Waals surface area contributed by atoms with Crippen molar-refractivity contribution in [3.8, 4) is 0 Å². The van der Waals surface area contributed by atoms with Crippen LogP contribution in [0.4, 0.5) is 0 Å². The number of hydrogen-bond donors (Lipinski definition) is 0. The summed E-state index contributed by atoms with van der Waals surface area (Å²) in [4.78, 5) is 11.4. The van der Waals surface area contributed by atoms with Crippen molar-refractivity contribution in [3.63, 3.8) is 0 Å². The molecule has 0 aromatic carbocycles. The summed E-state index contributed by atoms with van der Waals surface area (Å²) in [5.41, 5.74) is 0. The molecule has 0 N–H and O–H groups in total. The van der Waals surface area contributed by atoms with Crippen molar-refractivity contribution >= 4 is 17.4 Å². The van der Waals surface area contributed by atoms with Gasteiger partial charge in [-0.1, -0.05) is 12.2 Å². The molecule has 0 radical (unpaired) electrons. The molecule has 2 aliphatic rings. The molecule has 2 aliphatic carbocycles. The third-order valence-corrected chi connectivity index (χ3v) is 3.86. The van der Waals surface area contributed by atoms with Crippen molar-refractivity contribution in [2.45, 2.75) is 37.5 Å². The Morgan fingerprint density at radius 3 is 2.69 bits per heavy atom. The highest BCUT2D eigenvalue weighted by Gasteiger charge is 2.40. The van der Waals surface area contributed by atoms with Crippen LogP contribution in [0.25, 0.3) is 0 Å². The summed E-state index contributed by atoms with van der Waals surface area (Å²) in [7, 11) is 0. The molecule has 1 fully saturated rings. The molecular weight excluding hydrogens is 184 g/mol. The second-order valence-electron chi connectivity index (χ2n) is 4.12. The third-order valence-electron chi connectivity index (χ3n) is 3.29. The van der Waals surface area contributed by atoms with Crippen LogP contribution in [-0.4, -0.2) is 11.2 Å². The average molecular weight is 199 g/mol. The molecule has 3 atom stereocenters. The molecule has 1 nitrogen and oxygen atoms in total. The third kappa shape index (κ3) is 1.80. The molecule has 0 aromatic heterocycles. The molecule has 2 rings (SSSR count). The van der Waals surface area contributed by atoms with Crippen LogP contribution < -0.4 is 0 Å². The summed E-state index contributed by atoms with van der Waals surface area (Å²) in [6.45, 7) is 0. The van der Waals surface area contributed by atoms with Crippen LogP contribution in [0.3, 0.4) is 0 Å². The average Bonchev–Trinajstić information content (AvgIpc) is 2.31. The van der Waals surface area contributed by atoms with Gasteiger partial charge in [-0.2, -0.15) is 0 Å². The lowest BCUT2D eigenvalue weighted by atomic mass is 9.86. The zero-order chi connectivity index (χ0) is 9.26. The number of carbonyl (C=O) groups excluding carboxylic acids is 1. The summed E-state index contributed by atoms with van der Waals surface area (Å²) >= 11 is 6.09. The molecule has 0 aromatic rings. The van der Waals surface area contributed by atoms with Crippen LogP contribution in [0.5, 0.6) is 0 Å². The van der Waals surface area contributed by atoms with E-state index in [1.807, 2.05) is 0 Å². The van der Waals surface area contributed by atoms with E-state index in [0.717, 1.165) is 32.1 Å². The highest BCUT2D eigenvalue weighted by molar-refractivity contribution is 6.32. The van der Waals surface area contributed by atoms with Gasteiger partial charge in [0, 0.05) is 6.42 Å². The molecular formula is C11H15ClO. The summed E-state index contributed by atoms with van der Waals surface area (Å²) in [6, 6.07) is 0. The van der Waals surface area contributed by atoms with Gasteiger partial charge >= 0.3 is 0 Å². The Kier molecular flexibility index (Phi) is 2.73. The van der Waals surface area contributed by atoms with Gasteiger partial charge in [-0.15, -0.1) is 11.6 Å². The first-order chi connectivity index (χ1) is 6.29. The quantitative estimate of drug-likeness (QED) is 0.432. The van der Waals surface area contributed by atoms with Gasteiger partial charge in [0.1, 0.15) is 0 Å². The van der Waals surface area contributed by atoms with Crippen molar-refractivity contribution < 1.29 is 4.79 Å². The smallest absolute Gasteiger partial charge is 0.151 e. The molecule has 0 amide bonds. The van der Waals surface area contributed by atoms with Crippen LogP contribution in [0.15, 0.2) is 12.2 Å². The molecule has 0 bridgehead atoms. The summed E-state index contributed by atoms with van der Waals surface area (Å²) in [6.07, 6.45) is 9.66. The molecule has 0 spiro atoms. The van der Waals surface area contributed by atoms with Crippen LogP contribution in [0.1, 0.15) is 32.1 Å². The monoisotopic (exact) mass is 198 g/mol. The predicted octanol–water partition coefficient (Wildman–Crippen LogP) is 2.93. The van der Waals surface area contributed by atoms with Gasteiger partial charge in [-0.25, -0.2) is 0 Å². The van der Waals surface area contributed by atoms with E-state index in [0.29, 0.717) is 11.8 Å². The van der Waals surface area contributed by atoms with E-state index in [1.165, 1.54) is 0 Å². The summed E-state index contributed by atoms with van der Waals surface area (Å²) < 4.78 is 0. The topological polar surface area (TPSA) is 17.1 Å². The molecule has 1 saturated carbocycles. The largest absolute Gasteiger partial charge is 0.298 e. The number of rotatable bonds is 0. The van der Waals surface area contributed by atoms with E-state index in [-0.39, 0.29) is 11.2 Å². The minimum atomic E-state index is -0.184. The van der Waals surface area contributed by atoms with Gasteiger partial charge in [0.15, 0.2) is 5.78 Å². The maximum atomic E-state index is 11.4. The zero-order valence-electron chi connectivity index (χ0n) is 7.71. The highest BCUT2D eigenvalue weighted by Crippen LogP contribution is 2.39. The van der Waals surface area contributed by atoms with Crippen LogP contribution in [0, 0.1) is 11.8 Å². The van der Waals surface area contributed by atoms with Crippen molar-refractivity contribution in [3.05, 3.63) is 12.2 Å². The van der Waals surface area contributed by atoms with Gasteiger partial charge in [-0.3, -0.25) is 4.79 Å². The number of halogens is 1.